The molecule has 86 valence electrons. The Morgan fingerprint density at radius 3 is 2.14 bits per heavy atom. The molecule has 0 aromatic carbocycles. The number of sulfone groups is 1. The van der Waals surface area contributed by atoms with Crippen molar-refractivity contribution in [3.63, 3.8) is 0 Å². The van der Waals surface area contributed by atoms with Gasteiger partial charge >= 0.3 is 0 Å². The van der Waals surface area contributed by atoms with Crippen molar-refractivity contribution in [3.05, 3.63) is 0 Å². The number of hydrogen-bond donors (Lipinski definition) is 2. The van der Waals surface area contributed by atoms with Crippen LogP contribution in [0.3, 0.4) is 0 Å². The highest BCUT2D eigenvalue weighted by atomic mass is 32.2. The highest BCUT2D eigenvalue weighted by molar-refractivity contribution is 7.91. The molecular weight excluding hydrogens is 200 g/mol. The molecule has 0 amide bonds. The fourth-order valence-corrected chi connectivity index (χ4v) is 2.08. The zero-order chi connectivity index (χ0) is 11.4. The van der Waals surface area contributed by atoms with Crippen LogP contribution in [-0.4, -0.2) is 26.0 Å². The molecule has 14 heavy (non-hydrogen) atoms. The largest absolute Gasteiger partial charge is 0.271 e. The Morgan fingerprint density at radius 2 is 1.86 bits per heavy atom. The maximum atomic E-state index is 11.3. The lowest BCUT2D eigenvalue weighted by atomic mass is 9.98. The average Bonchev–Trinajstić information content (AvgIpc) is 2.11. The summed E-state index contributed by atoms with van der Waals surface area (Å²) >= 11 is 0. The third-order valence-corrected chi connectivity index (χ3v) is 4.49. The molecule has 0 aromatic heterocycles. The van der Waals surface area contributed by atoms with Gasteiger partial charge in [-0.15, -0.1) is 0 Å². The summed E-state index contributed by atoms with van der Waals surface area (Å²) in [7, 11) is -3.01. The Bertz CT molecular complexity index is 252. The van der Waals surface area contributed by atoms with Crippen molar-refractivity contribution >= 4 is 9.84 Å². The molecule has 3 N–H and O–H groups in total. The Balaban J connectivity index is 4.42. The van der Waals surface area contributed by atoms with E-state index >= 15 is 0 Å². The summed E-state index contributed by atoms with van der Waals surface area (Å²) in [5, 5.41) is -0.429. The summed E-state index contributed by atoms with van der Waals surface area (Å²) in [6.07, 6.45) is 3.08. The van der Waals surface area contributed by atoms with Gasteiger partial charge in [-0.1, -0.05) is 20.3 Å². The zero-order valence-corrected chi connectivity index (χ0v) is 10.3. The SMILES string of the molecule is CCC(C)CC(NN)C(C)S(C)(=O)=O. The van der Waals surface area contributed by atoms with E-state index in [2.05, 4.69) is 19.3 Å². The minimum absolute atomic E-state index is 0.153. The number of nitrogens with one attached hydrogen (secondary N) is 1. The normalized spacial score (nSPS) is 18.9. The predicted octanol–water partition coefficient (Wildman–Crippen LogP) is 0.688. The Kier molecular flexibility index (Phi) is 5.63. The van der Waals surface area contributed by atoms with Gasteiger partial charge < -0.3 is 0 Å². The first kappa shape index (κ1) is 13.9. The van der Waals surface area contributed by atoms with Crippen LogP contribution in [0.2, 0.25) is 0 Å². The highest BCUT2D eigenvalue weighted by Gasteiger charge is 2.25. The molecule has 3 atom stereocenters. The van der Waals surface area contributed by atoms with E-state index in [1.807, 2.05) is 0 Å². The van der Waals surface area contributed by atoms with Crippen molar-refractivity contribution in [2.75, 3.05) is 6.26 Å². The van der Waals surface area contributed by atoms with E-state index < -0.39 is 15.1 Å². The van der Waals surface area contributed by atoms with Gasteiger partial charge in [-0.2, -0.15) is 0 Å². The van der Waals surface area contributed by atoms with E-state index in [1.165, 1.54) is 6.26 Å². The van der Waals surface area contributed by atoms with Gasteiger partial charge in [-0.25, -0.2) is 8.42 Å². The van der Waals surface area contributed by atoms with Crippen LogP contribution < -0.4 is 11.3 Å². The molecule has 0 aliphatic heterocycles. The van der Waals surface area contributed by atoms with Gasteiger partial charge in [0.1, 0.15) is 0 Å². The van der Waals surface area contributed by atoms with Crippen molar-refractivity contribution in [1.29, 1.82) is 0 Å². The lowest BCUT2D eigenvalue weighted by Gasteiger charge is -2.24. The van der Waals surface area contributed by atoms with Gasteiger partial charge in [0.25, 0.3) is 0 Å². The van der Waals surface area contributed by atoms with Crippen LogP contribution in [0, 0.1) is 5.92 Å². The second-order valence-corrected chi connectivity index (χ2v) is 6.46. The summed E-state index contributed by atoms with van der Waals surface area (Å²) < 4.78 is 22.6. The number of hydrazine groups is 1. The number of rotatable bonds is 6. The molecule has 0 heterocycles. The van der Waals surface area contributed by atoms with Gasteiger partial charge in [0.2, 0.25) is 0 Å². The molecule has 0 aromatic rings. The summed E-state index contributed by atoms with van der Waals surface area (Å²) in [6, 6.07) is -0.153. The molecule has 0 bridgehead atoms. The van der Waals surface area contributed by atoms with Crippen molar-refractivity contribution in [2.24, 2.45) is 11.8 Å². The standard InChI is InChI=1S/C9H22N2O2S/c1-5-7(2)6-9(11-10)8(3)14(4,12)13/h7-9,11H,5-6,10H2,1-4H3. The maximum Gasteiger partial charge on any atom is 0.151 e. The minimum atomic E-state index is -3.01. The van der Waals surface area contributed by atoms with Crippen LogP contribution in [-0.2, 0) is 9.84 Å². The van der Waals surface area contributed by atoms with Crippen LogP contribution >= 0.6 is 0 Å². The molecule has 0 radical (unpaired) electrons. The van der Waals surface area contributed by atoms with Crippen LogP contribution in [0.25, 0.3) is 0 Å². The van der Waals surface area contributed by atoms with E-state index in [-0.39, 0.29) is 6.04 Å². The highest BCUT2D eigenvalue weighted by Crippen LogP contribution is 2.15. The second kappa shape index (κ2) is 5.68. The fourth-order valence-electron chi connectivity index (χ4n) is 1.29. The first-order chi connectivity index (χ1) is 6.32. The quantitative estimate of drug-likeness (QED) is 0.512. The van der Waals surface area contributed by atoms with Crippen LogP contribution in [0.1, 0.15) is 33.6 Å². The van der Waals surface area contributed by atoms with Crippen molar-refractivity contribution < 1.29 is 8.42 Å². The molecule has 0 saturated carbocycles. The van der Waals surface area contributed by atoms with Gasteiger partial charge in [-0.05, 0) is 19.3 Å². The third kappa shape index (κ3) is 4.39. The van der Waals surface area contributed by atoms with Crippen molar-refractivity contribution in [1.82, 2.24) is 5.43 Å². The Hall–Kier alpha value is -0.130. The van der Waals surface area contributed by atoms with Crippen LogP contribution in [0.4, 0.5) is 0 Å². The summed E-state index contributed by atoms with van der Waals surface area (Å²) in [5.41, 5.74) is 2.59. The van der Waals surface area contributed by atoms with Crippen molar-refractivity contribution in [2.45, 2.75) is 44.9 Å². The zero-order valence-electron chi connectivity index (χ0n) is 9.45. The minimum Gasteiger partial charge on any atom is -0.271 e. The molecule has 0 fully saturated rings. The van der Waals surface area contributed by atoms with E-state index in [0.717, 1.165) is 12.8 Å². The smallest absolute Gasteiger partial charge is 0.151 e. The Morgan fingerprint density at radius 1 is 1.36 bits per heavy atom. The number of hydrogen-bond acceptors (Lipinski definition) is 4. The Labute approximate surface area is 87.1 Å². The topological polar surface area (TPSA) is 72.2 Å². The molecule has 0 aliphatic carbocycles. The van der Waals surface area contributed by atoms with E-state index in [1.54, 1.807) is 6.92 Å². The molecular formula is C9H22N2O2S. The number of nitrogens with two attached hydrogens (primary N) is 1. The molecule has 0 saturated heterocycles. The average molecular weight is 222 g/mol. The lowest BCUT2D eigenvalue weighted by Crippen LogP contribution is -2.46. The fraction of sp³-hybridized carbons (Fsp3) is 1.00. The molecule has 0 rings (SSSR count). The van der Waals surface area contributed by atoms with Gasteiger partial charge in [0, 0.05) is 12.3 Å². The maximum absolute atomic E-state index is 11.3. The molecule has 5 heteroatoms. The van der Waals surface area contributed by atoms with E-state index in [4.69, 9.17) is 5.84 Å². The van der Waals surface area contributed by atoms with Gasteiger partial charge in [0.15, 0.2) is 9.84 Å². The van der Waals surface area contributed by atoms with E-state index in [0.29, 0.717) is 5.92 Å². The molecule has 3 unspecified atom stereocenters. The second-order valence-electron chi connectivity index (χ2n) is 4.06. The first-order valence-electron chi connectivity index (χ1n) is 4.97. The predicted molar refractivity (Wildman–Crippen MR) is 59.5 cm³/mol. The summed E-state index contributed by atoms with van der Waals surface area (Å²) in [5.74, 6) is 5.85. The monoisotopic (exact) mass is 222 g/mol. The van der Waals surface area contributed by atoms with Crippen LogP contribution in [0.5, 0.6) is 0 Å². The van der Waals surface area contributed by atoms with Crippen LogP contribution in [0.15, 0.2) is 0 Å². The molecule has 0 aliphatic rings. The molecule has 0 spiro atoms. The van der Waals surface area contributed by atoms with Gasteiger partial charge in [-0.3, -0.25) is 11.3 Å². The van der Waals surface area contributed by atoms with Gasteiger partial charge in [0.05, 0.1) is 5.25 Å². The first-order valence-corrected chi connectivity index (χ1v) is 6.93. The summed E-state index contributed by atoms with van der Waals surface area (Å²) in [4.78, 5) is 0. The lowest BCUT2D eigenvalue weighted by molar-refractivity contribution is 0.389. The third-order valence-electron chi connectivity index (χ3n) is 2.81. The van der Waals surface area contributed by atoms with Crippen molar-refractivity contribution in [3.8, 4) is 0 Å². The summed E-state index contributed by atoms with van der Waals surface area (Å²) in [6.45, 7) is 5.88. The van der Waals surface area contributed by atoms with E-state index in [9.17, 15) is 8.42 Å². The molecule has 4 nitrogen and oxygen atoms in total.